The minimum absolute atomic E-state index is 0.0845. The predicted octanol–water partition coefficient (Wildman–Crippen LogP) is 15.5. The average molecular weight is 879 g/mol. The summed E-state index contributed by atoms with van der Waals surface area (Å²) in [5, 5.41) is 2.16. The van der Waals surface area contributed by atoms with Crippen molar-refractivity contribution < 1.29 is 23.0 Å². The highest BCUT2D eigenvalue weighted by Crippen LogP contribution is 2.39. The molecule has 11 rings (SSSR count). The van der Waals surface area contributed by atoms with Gasteiger partial charge in [0.15, 0.2) is 0 Å². The van der Waals surface area contributed by atoms with E-state index in [2.05, 4.69) is 106 Å². The maximum atomic E-state index is 9.06. The number of hydrogen-bond donors (Lipinski definition) is 0. The van der Waals surface area contributed by atoms with Crippen molar-refractivity contribution in [3.63, 3.8) is 0 Å². The smallest absolute Gasteiger partial charge is 0.269 e. The molecule has 0 amide bonds. The maximum absolute atomic E-state index is 9.06. The molecule has 0 atom stereocenters. The second kappa shape index (κ2) is 17.1. The van der Waals surface area contributed by atoms with Crippen LogP contribution in [-0.2, 0) is 11.8 Å². The lowest BCUT2D eigenvalue weighted by Crippen LogP contribution is -2.31. The Balaban J connectivity index is 1.07. The molecular weight excluding hydrogens is 817 g/mol. The molecule has 0 unspecified atom stereocenters. The lowest BCUT2D eigenvalue weighted by atomic mass is 9.86. The largest absolute Gasteiger partial charge is 0.458 e. The summed E-state index contributed by atoms with van der Waals surface area (Å²) in [5.74, 6) is 2.31. The van der Waals surface area contributed by atoms with E-state index in [1.807, 2.05) is 66.9 Å². The fourth-order valence-electron chi connectivity index (χ4n) is 9.07. The van der Waals surface area contributed by atoms with Crippen molar-refractivity contribution in [3.8, 4) is 62.1 Å². The quantitative estimate of drug-likeness (QED) is 0.101. The number of fused-ring (bicyclic) bond motifs is 4. The van der Waals surface area contributed by atoms with Crippen molar-refractivity contribution in [3.05, 3.63) is 224 Å². The monoisotopic (exact) mass is 878 g/mol. The summed E-state index contributed by atoms with van der Waals surface area (Å²) >= 11 is 0. The van der Waals surface area contributed by atoms with Gasteiger partial charge in [0.1, 0.15) is 17.3 Å². The van der Waals surface area contributed by atoms with Gasteiger partial charge in [0.25, 0.3) is 6.33 Å². The van der Waals surface area contributed by atoms with Gasteiger partial charge in [-0.3, -0.25) is 13.7 Å². The number of rotatable bonds is 10. The van der Waals surface area contributed by atoms with Crippen LogP contribution >= 0.6 is 0 Å². The zero-order valence-corrected chi connectivity index (χ0v) is 37.8. The number of benzene rings is 8. The van der Waals surface area contributed by atoms with Gasteiger partial charge in [0, 0.05) is 28.6 Å². The van der Waals surface area contributed by atoms with E-state index < -0.39 is 60.4 Å². The normalized spacial score (nSPS) is 13.9. The Morgan fingerprint density at radius 3 is 2.01 bits per heavy atom. The van der Waals surface area contributed by atoms with Gasteiger partial charge < -0.3 is 4.74 Å². The average Bonchev–Trinajstić information content (AvgIpc) is 4.00. The molecular formula is C62H52N4O. The van der Waals surface area contributed by atoms with Gasteiger partial charge in [-0.15, -0.1) is 0 Å². The summed E-state index contributed by atoms with van der Waals surface area (Å²) in [6, 6.07) is 39.9. The van der Waals surface area contributed by atoms with Gasteiger partial charge in [-0.25, -0.2) is 4.98 Å². The third-order valence-electron chi connectivity index (χ3n) is 12.2. The summed E-state index contributed by atoms with van der Waals surface area (Å²) in [6.07, 6.45) is 6.33. The van der Waals surface area contributed by atoms with Crippen LogP contribution in [0, 0.1) is 12.2 Å². The van der Waals surface area contributed by atoms with Crippen LogP contribution in [0.3, 0.4) is 0 Å². The topological polar surface area (TPSA) is 35.9 Å². The molecule has 11 aromatic rings. The van der Waals surface area contributed by atoms with Crippen LogP contribution in [0.5, 0.6) is 11.5 Å². The van der Waals surface area contributed by atoms with Crippen molar-refractivity contribution in [2.75, 3.05) is 0 Å². The van der Waals surface area contributed by atoms with Crippen molar-refractivity contribution in [2.24, 2.45) is 5.92 Å². The van der Waals surface area contributed by atoms with Crippen LogP contribution in [0.1, 0.15) is 59.5 Å². The Kier molecular flexibility index (Phi) is 8.10. The lowest BCUT2D eigenvalue weighted by molar-refractivity contribution is -0.571. The van der Waals surface area contributed by atoms with Crippen molar-refractivity contribution >= 4 is 32.8 Å². The third-order valence-corrected chi connectivity index (χ3v) is 12.2. The van der Waals surface area contributed by atoms with E-state index in [0.29, 0.717) is 34.1 Å². The molecule has 0 aliphatic heterocycles. The Hall–Kier alpha value is -8.02. The first-order valence-electron chi connectivity index (χ1n) is 27.5. The standard InChI is InChI=1S/C62H52N4O/c1-42(2)35-46-36-60(63-40-55(46)45-23-13-8-14-24-45)66-56-34-31-47(62(3,4)5)37-54(56)53-33-32-50(39-59(53)66)67-49-26-17-25-48(38-49)64-41-65(58-30-16-15-29-57(58)64)61-51(43-19-9-6-10-20-43)27-18-28-52(61)44-21-11-7-12-22-44/h6-34,36-40,42H,35H2,1-5H3/i6D,7D,9D,10D,11D,12D,19D,20D,21D,22D. The molecule has 8 aromatic carbocycles. The van der Waals surface area contributed by atoms with Gasteiger partial charge in [0.2, 0.25) is 0 Å². The first-order valence-corrected chi connectivity index (χ1v) is 22.5. The summed E-state index contributed by atoms with van der Waals surface area (Å²) in [6.45, 7) is 11.1. The molecule has 0 aliphatic rings. The number of imidazole rings is 1. The highest BCUT2D eigenvalue weighted by molar-refractivity contribution is 6.10. The SMILES string of the molecule is [2H]c1c([2H])c([2H])c(-c2cccc(-c3c([2H])c([2H])c([2H])c([2H])c3[2H])c2-[n+]2[c-]n(-c3cccc(Oc4ccc5c6cc(C(C)(C)C)ccc6n(-c6cc(CC(C)C)c(-c7ccccc7)cn6)c5c4)c3)c3ccccc32)c([2H])c1[2H]. The molecule has 5 nitrogen and oxygen atoms in total. The van der Waals surface area contributed by atoms with Gasteiger partial charge in [-0.1, -0.05) is 180 Å². The van der Waals surface area contributed by atoms with E-state index in [0.717, 1.165) is 45.2 Å². The molecule has 0 aliphatic carbocycles. The molecule has 0 spiro atoms. The highest BCUT2D eigenvalue weighted by atomic mass is 16.5. The number of aromatic nitrogens is 4. The molecule has 5 heteroatoms. The third kappa shape index (κ3) is 7.87. The number of pyridine rings is 1. The second-order valence-electron chi connectivity index (χ2n) is 18.2. The summed E-state index contributed by atoms with van der Waals surface area (Å²) in [5.41, 5.74) is 8.60. The van der Waals surface area contributed by atoms with Crippen molar-refractivity contribution in [2.45, 2.75) is 46.5 Å². The van der Waals surface area contributed by atoms with Crippen molar-refractivity contribution in [1.82, 2.24) is 14.1 Å². The van der Waals surface area contributed by atoms with E-state index in [1.54, 1.807) is 27.3 Å². The summed E-state index contributed by atoms with van der Waals surface area (Å²) in [4.78, 5) is 5.16. The molecule has 0 radical (unpaired) electrons. The Morgan fingerprint density at radius 1 is 0.612 bits per heavy atom. The fraction of sp³-hybridized carbons (Fsp3) is 0.129. The van der Waals surface area contributed by atoms with Gasteiger partial charge in [-0.2, -0.15) is 0 Å². The molecule has 3 heterocycles. The van der Waals surface area contributed by atoms with E-state index in [4.69, 9.17) is 23.4 Å². The van der Waals surface area contributed by atoms with E-state index >= 15 is 0 Å². The van der Waals surface area contributed by atoms with Crippen molar-refractivity contribution in [1.29, 1.82) is 0 Å². The minimum Gasteiger partial charge on any atom is -0.458 e. The fourth-order valence-corrected chi connectivity index (χ4v) is 9.07. The van der Waals surface area contributed by atoms with Crippen LogP contribution in [0.25, 0.3) is 83.4 Å². The van der Waals surface area contributed by atoms with Gasteiger partial charge >= 0.3 is 0 Å². The number of nitrogens with zero attached hydrogens (tertiary/aromatic N) is 4. The molecule has 0 saturated heterocycles. The second-order valence-corrected chi connectivity index (χ2v) is 18.2. The van der Waals surface area contributed by atoms with Crippen LogP contribution in [0.15, 0.2) is 206 Å². The molecule has 0 bridgehead atoms. The number of hydrogen-bond acceptors (Lipinski definition) is 2. The lowest BCUT2D eigenvalue weighted by Gasteiger charge is -2.19. The van der Waals surface area contributed by atoms with E-state index in [9.17, 15) is 0 Å². The minimum atomic E-state index is -0.566. The zero-order chi connectivity index (χ0) is 54.4. The number of para-hydroxylation sites is 3. The maximum Gasteiger partial charge on any atom is 0.269 e. The van der Waals surface area contributed by atoms with Crippen LogP contribution in [0.4, 0.5) is 0 Å². The first-order chi connectivity index (χ1) is 36.8. The molecule has 3 aromatic heterocycles. The highest BCUT2D eigenvalue weighted by Gasteiger charge is 2.22. The Labute approximate surface area is 406 Å². The van der Waals surface area contributed by atoms with Gasteiger partial charge in [-0.05, 0) is 105 Å². The van der Waals surface area contributed by atoms with Crippen LogP contribution in [0.2, 0.25) is 0 Å². The van der Waals surface area contributed by atoms with Crippen LogP contribution < -0.4 is 9.30 Å². The van der Waals surface area contributed by atoms with E-state index in [-0.39, 0.29) is 33.4 Å². The zero-order valence-electron chi connectivity index (χ0n) is 47.8. The first kappa shape index (κ1) is 31.8. The number of ether oxygens (including phenoxy) is 1. The molecule has 67 heavy (non-hydrogen) atoms. The van der Waals surface area contributed by atoms with E-state index in [1.165, 1.54) is 11.1 Å². The molecule has 0 N–H and O–H groups in total. The molecule has 0 saturated carbocycles. The van der Waals surface area contributed by atoms with Crippen LogP contribution in [-0.4, -0.2) is 14.1 Å². The molecule has 326 valence electrons. The summed E-state index contributed by atoms with van der Waals surface area (Å²) < 4.78 is 99.9. The van der Waals surface area contributed by atoms with Gasteiger partial charge in [0.05, 0.1) is 47.1 Å². The Morgan fingerprint density at radius 2 is 1.30 bits per heavy atom. The predicted molar refractivity (Wildman–Crippen MR) is 276 cm³/mol. The molecule has 0 fully saturated rings. The summed E-state index contributed by atoms with van der Waals surface area (Å²) in [7, 11) is 0. The Bertz CT molecular complexity index is 4050.